The van der Waals surface area contributed by atoms with Gasteiger partial charge in [-0.1, -0.05) is 27.7 Å². The van der Waals surface area contributed by atoms with Crippen LogP contribution in [0.5, 0.6) is 0 Å². The monoisotopic (exact) mass is 292 g/mol. The molecule has 118 valence electrons. The summed E-state index contributed by atoms with van der Waals surface area (Å²) in [5, 5.41) is 5.98. The number of nitrogens with zero attached hydrogens (tertiary/aromatic N) is 2. The molecule has 0 fully saturated rings. The normalized spacial score (nSPS) is 11.6. The first kappa shape index (κ1) is 17.4. The molecule has 0 aromatic carbocycles. The Hall–Kier alpha value is -1.62. The van der Waals surface area contributed by atoms with Crippen molar-refractivity contribution in [3.05, 3.63) is 23.4 Å². The quantitative estimate of drug-likeness (QED) is 0.843. The van der Waals surface area contributed by atoms with Gasteiger partial charge in [-0.15, -0.1) is 0 Å². The van der Waals surface area contributed by atoms with Crippen LogP contribution in [-0.4, -0.2) is 49.5 Å². The number of nitrogens with one attached hydrogen (secondary N) is 2. The second kappa shape index (κ2) is 7.41. The third-order valence-electron chi connectivity index (χ3n) is 3.43. The lowest BCUT2D eigenvalue weighted by atomic mass is 9.90. The minimum absolute atomic E-state index is 0.0519. The Kier molecular flexibility index (Phi) is 6.15. The third-order valence-corrected chi connectivity index (χ3v) is 3.43. The summed E-state index contributed by atoms with van der Waals surface area (Å²) in [6.45, 7) is 10.8. The van der Waals surface area contributed by atoms with Crippen molar-refractivity contribution in [2.24, 2.45) is 0 Å². The molecule has 0 saturated carbocycles. The Morgan fingerprint density at radius 2 is 2.00 bits per heavy atom. The van der Waals surface area contributed by atoms with Gasteiger partial charge in [-0.3, -0.25) is 4.79 Å². The van der Waals surface area contributed by atoms with Crippen LogP contribution >= 0.6 is 0 Å². The maximum Gasteiger partial charge on any atom is 0.251 e. The number of aromatic nitrogens is 1. The maximum absolute atomic E-state index is 12.3. The number of anilines is 1. The number of amides is 1. The third kappa shape index (κ3) is 5.34. The zero-order valence-electron chi connectivity index (χ0n) is 14.1. The van der Waals surface area contributed by atoms with Gasteiger partial charge in [0.15, 0.2) is 0 Å². The predicted octanol–water partition coefficient (Wildman–Crippen LogP) is 2.10. The van der Waals surface area contributed by atoms with Crippen LogP contribution in [0.25, 0.3) is 0 Å². The lowest BCUT2D eigenvalue weighted by Gasteiger charge is -2.20. The molecule has 5 heteroatoms. The van der Waals surface area contributed by atoms with E-state index in [1.807, 2.05) is 20.2 Å². The first-order chi connectivity index (χ1) is 9.77. The van der Waals surface area contributed by atoms with Crippen LogP contribution in [0.4, 0.5) is 5.82 Å². The fourth-order valence-corrected chi connectivity index (χ4v) is 1.79. The topological polar surface area (TPSA) is 57.3 Å². The van der Waals surface area contributed by atoms with E-state index in [0.29, 0.717) is 12.1 Å². The lowest BCUT2D eigenvalue weighted by molar-refractivity contribution is 0.0950. The molecule has 0 radical (unpaired) electrons. The molecule has 5 nitrogen and oxygen atoms in total. The fraction of sp³-hybridized carbons (Fsp3) is 0.625. The van der Waals surface area contributed by atoms with Gasteiger partial charge >= 0.3 is 0 Å². The van der Waals surface area contributed by atoms with Gasteiger partial charge in [0.1, 0.15) is 5.82 Å². The highest BCUT2D eigenvalue weighted by atomic mass is 16.1. The molecule has 1 amide bonds. The standard InChI is InChI=1S/C16H28N4O/c1-7-20(6)9-8-18-15(21)12-10-13(16(2,3)4)19-14(11-12)17-5/h10-11H,7-9H2,1-6H3,(H,17,19)(H,18,21). The zero-order valence-corrected chi connectivity index (χ0v) is 14.1. The summed E-state index contributed by atoms with van der Waals surface area (Å²) in [7, 11) is 3.85. The molecule has 0 aliphatic carbocycles. The minimum Gasteiger partial charge on any atom is -0.373 e. The van der Waals surface area contributed by atoms with Crippen LogP contribution in [0.15, 0.2) is 12.1 Å². The summed E-state index contributed by atoms with van der Waals surface area (Å²) >= 11 is 0. The molecule has 1 aromatic rings. The number of pyridine rings is 1. The molecule has 0 saturated heterocycles. The van der Waals surface area contributed by atoms with Crippen LogP contribution in [0, 0.1) is 0 Å². The van der Waals surface area contributed by atoms with E-state index in [4.69, 9.17) is 0 Å². The van der Waals surface area contributed by atoms with Gasteiger partial charge in [-0.05, 0) is 25.7 Å². The number of carbonyl (C=O) groups excluding carboxylic acids is 1. The summed E-state index contributed by atoms with van der Waals surface area (Å²) in [6.07, 6.45) is 0. The molecule has 0 bridgehead atoms. The molecule has 0 spiro atoms. The molecule has 1 aromatic heterocycles. The molecule has 0 atom stereocenters. The number of hydrogen-bond donors (Lipinski definition) is 2. The van der Waals surface area contributed by atoms with Crippen molar-refractivity contribution in [1.29, 1.82) is 0 Å². The summed E-state index contributed by atoms with van der Waals surface area (Å²) in [5.74, 6) is 0.669. The molecular weight excluding hydrogens is 264 g/mol. The smallest absolute Gasteiger partial charge is 0.251 e. The van der Waals surface area contributed by atoms with Crippen molar-refractivity contribution >= 4 is 11.7 Å². The van der Waals surface area contributed by atoms with E-state index in [1.165, 1.54) is 0 Å². The number of carbonyl (C=O) groups is 1. The molecule has 21 heavy (non-hydrogen) atoms. The molecule has 2 N–H and O–H groups in total. The van der Waals surface area contributed by atoms with Gasteiger partial charge in [0.25, 0.3) is 5.91 Å². The van der Waals surface area contributed by atoms with Gasteiger partial charge in [-0.2, -0.15) is 0 Å². The van der Waals surface area contributed by atoms with E-state index < -0.39 is 0 Å². The van der Waals surface area contributed by atoms with Gasteiger partial charge in [0.05, 0.1) is 0 Å². The second-order valence-corrected chi connectivity index (χ2v) is 6.28. The van der Waals surface area contributed by atoms with E-state index >= 15 is 0 Å². The van der Waals surface area contributed by atoms with E-state index in [-0.39, 0.29) is 11.3 Å². The van der Waals surface area contributed by atoms with Crippen molar-refractivity contribution in [2.75, 3.05) is 39.0 Å². The Morgan fingerprint density at radius 1 is 1.33 bits per heavy atom. The van der Waals surface area contributed by atoms with E-state index in [9.17, 15) is 4.79 Å². The van der Waals surface area contributed by atoms with Crippen molar-refractivity contribution < 1.29 is 4.79 Å². The van der Waals surface area contributed by atoms with E-state index in [0.717, 1.165) is 24.6 Å². The molecule has 1 rings (SSSR count). The highest BCUT2D eigenvalue weighted by Crippen LogP contribution is 2.23. The summed E-state index contributed by atoms with van der Waals surface area (Å²) in [6, 6.07) is 3.66. The van der Waals surface area contributed by atoms with Gasteiger partial charge in [0, 0.05) is 36.8 Å². The largest absolute Gasteiger partial charge is 0.373 e. The first-order valence-electron chi connectivity index (χ1n) is 7.45. The first-order valence-corrected chi connectivity index (χ1v) is 7.45. The van der Waals surface area contributed by atoms with Crippen LogP contribution in [0.2, 0.25) is 0 Å². The number of hydrogen-bond acceptors (Lipinski definition) is 4. The van der Waals surface area contributed by atoms with Crippen molar-refractivity contribution in [2.45, 2.75) is 33.1 Å². The zero-order chi connectivity index (χ0) is 16.0. The summed E-state index contributed by atoms with van der Waals surface area (Å²) in [4.78, 5) is 19.0. The molecule has 1 heterocycles. The van der Waals surface area contributed by atoms with Gasteiger partial charge < -0.3 is 15.5 Å². The molecular formula is C16H28N4O. The number of likely N-dealkylation sites (N-methyl/N-ethyl adjacent to an activating group) is 1. The Balaban J connectivity index is 2.84. The Labute approximate surface area is 128 Å². The Morgan fingerprint density at radius 3 is 2.52 bits per heavy atom. The van der Waals surface area contributed by atoms with Crippen LogP contribution in [0.3, 0.4) is 0 Å². The minimum atomic E-state index is -0.0929. The summed E-state index contributed by atoms with van der Waals surface area (Å²) in [5.41, 5.74) is 1.47. The average Bonchev–Trinajstić information content (AvgIpc) is 2.45. The second-order valence-electron chi connectivity index (χ2n) is 6.28. The molecule has 0 aliphatic rings. The Bertz CT molecular complexity index is 480. The van der Waals surface area contributed by atoms with Gasteiger partial charge in [0.2, 0.25) is 0 Å². The molecule has 0 unspecified atom stereocenters. The fourth-order valence-electron chi connectivity index (χ4n) is 1.79. The lowest BCUT2D eigenvalue weighted by Crippen LogP contribution is -2.33. The van der Waals surface area contributed by atoms with E-state index in [2.05, 4.69) is 48.2 Å². The maximum atomic E-state index is 12.3. The highest BCUT2D eigenvalue weighted by Gasteiger charge is 2.19. The van der Waals surface area contributed by atoms with Crippen LogP contribution in [0.1, 0.15) is 43.7 Å². The average molecular weight is 292 g/mol. The van der Waals surface area contributed by atoms with Crippen LogP contribution in [-0.2, 0) is 5.41 Å². The predicted molar refractivity (Wildman–Crippen MR) is 88.0 cm³/mol. The SMILES string of the molecule is CCN(C)CCNC(=O)c1cc(NC)nc(C(C)(C)C)c1. The number of rotatable bonds is 6. The van der Waals surface area contributed by atoms with Crippen molar-refractivity contribution in [3.8, 4) is 0 Å². The summed E-state index contributed by atoms with van der Waals surface area (Å²) < 4.78 is 0. The van der Waals surface area contributed by atoms with Crippen molar-refractivity contribution in [3.63, 3.8) is 0 Å². The van der Waals surface area contributed by atoms with E-state index in [1.54, 1.807) is 6.07 Å². The van der Waals surface area contributed by atoms with Gasteiger partial charge in [-0.25, -0.2) is 4.98 Å². The molecule has 0 aliphatic heterocycles. The van der Waals surface area contributed by atoms with Crippen molar-refractivity contribution in [1.82, 2.24) is 15.2 Å². The van der Waals surface area contributed by atoms with Crippen LogP contribution < -0.4 is 10.6 Å². The highest BCUT2D eigenvalue weighted by molar-refractivity contribution is 5.95.